The van der Waals surface area contributed by atoms with Crippen molar-refractivity contribution < 1.29 is 4.74 Å². The second-order valence-corrected chi connectivity index (χ2v) is 4.89. The summed E-state index contributed by atoms with van der Waals surface area (Å²) in [5.74, 6) is 0.877. The zero-order valence-electron chi connectivity index (χ0n) is 12.0. The average Bonchev–Trinajstić information content (AvgIpc) is 2.45. The smallest absolute Gasteiger partial charge is 0.267 e. The zero-order valence-corrected chi connectivity index (χ0v) is 12.0. The molecule has 20 heavy (non-hydrogen) atoms. The lowest BCUT2D eigenvalue weighted by Crippen LogP contribution is -2.15. The lowest BCUT2D eigenvalue weighted by molar-refractivity contribution is 0.309. The number of H-pyrrole nitrogens is 1. The molecule has 0 amide bonds. The molecule has 0 saturated heterocycles. The Kier molecular flexibility index (Phi) is 4.93. The molecule has 0 radical (unpaired) electrons. The van der Waals surface area contributed by atoms with Gasteiger partial charge >= 0.3 is 0 Å². The van der Waals surface area contributed by atoms with Crippen molar-refractivity contribution in [1.29, 1.82) is 0 Å². The number of ether oxygens (including phenoxy) is 1. The first kappa shape index (κ1) is 14.3. The molecule has 0 spiro atoms. The van der Waals surface area contributed by atoms with Crippen molar-refractivity contribution >= 4 is 0 Å². The van der Waals surface area contributed by atoms with Gasteiger partial charge < -0.3 is 4.74 Å². The summed E-state index contributed by atoms with van der Waals surface area (Å²) in [6.07, 6.45) is 2.80. The molecule has 0 aliphatic rings. The first-order valence-corrected chi connectivity index (χ1v) is 6.96. The van der Waals surface area contributed by atoms with Crippen LogP contribution in [0.4, 0.5) is 0 Å². The van der Waals surface area contributed by atoms with Gasteiger partial charge in [-0.15, -0.1) is 0 Å². The van der Waals surface area contributed by atoms with E-state index in [-0.39, 0.29) is 5.56 Å². The van der Waals surface area contributed by atoms with Crippen LogP contribution in [0, 0.1) is 6.92 Å². The maximum Gasteiger partial charge on any atom is 0.267 e. The maximum atomic E-state index is 11.7. The van der Waals surface area contributed by atoms with Crippen LogP contribution in [0.3, 0.4) is 0 Å². The highest BCUT2D eigenvalue weighted by Gasteiger charge is 2.03. The van der Waals surface area contributed by atoms with Gasteiger partial charge in [0.05, 0.1) is 12.3 Å². The van der Waals surface area contributed by atoms with Crippen molar-refractivity contribution in [1.82, 2.24) is 10.2 Å². The molecule has 1 aromatic carbocycles. The van der Waals surface area contributed by atoms with Crippen LogP contribution in [0.25, 0.3) is 0 Å². The number of aryl methyl sites for hydroxylation is 1. The van der Waals surface area contributed by atoms with Crippen LogP contribution in [-0.2, 0) is 6.42 Å². The van der Waals surface area contributed by atoms with E-state index in [2.05, 4.69) is 17.1 Å². The third kappa shape index (κ3) is 3.95. The summed E-state index contributed by atoms with van der Waals surface area (Å²) < 4.78 is 5.62. The molecule has 1 heterocycles. The molecule has 1 N–H and O–H groups in total. The number of aromatic nitrogens is 2. The van der Waals surface area contributed by atoms with Gasteiger partial charge in [-0.2, -0.15) is 5.10 Å². The van der Waals surface area contributed by atoms with Gasteiger partial charge in [0, 0.05) is 12.0 Å². The third-order valence-corrected chi connectivity index (χ3v) is 3.09. The predicted molar refractivity (Wildman–Crippen MR) is 79.2 cm³/mol. The van der Waals surface area contributed by atoms with E-state index in [1.165, 1.54) is 0 Å². The van der Waals surface area contributed by atoms with E-state index in [1.54, 1.807) is 0 Å². The van der Waals surface area contributed by atoms with Crippen LogP contribution in [0.15, 0.2) is 35.1 Å². The standard InChI is InChI=1S/C16H20N2O2/c1-3-4-9-20-15-7-5-13(6-8-15)11-14-10-12(2)17-18-16(14)19/h5-8,10H,3-4,9,11H2,1-2H3,(H,18,19). The summed E-state index contributed by atoms with van der Waals surface area (Å²) in [6.45, 7) is 4.75. The Morgan fingerprint density at radius 2 is 2.00 bits per heavy atom. The number of benzene rings is 1. The van der Waals surface area contributed by atoms with E-state index in [1.807, 2.05) is 37.3 Å². The minimum atomic E-state index is -0.126. The Bertz CT molecular complexity index is 603. The molecule has 2 aromatic rings. The summed E-state index contributed by atoms with van der Waals surface area (Å²) >= 11 is 0. The fraction of sp³-hybridized carbons (Fsp3) is 0.375. The molecule has 4 nitrogen and oxygen atoms in total. The van der Waals surface area contributed by atoms with Crippen molar-refractivity contribution in [3.05, 3.63) is 57.5 Å². The fourth-order valence-electron chi connectivity index (χ4n) is 1.95. The molecule has 2 rings (SSSR count). The zero-order chi connectivity index (χ0) is 14.4. The molecule has 106 valence electrons. The van der Waals surface area contributed by atoms with Crippen LogP contribution >= 0.6 is 0 Å². The number of rotatable bonds is 6. The fourth-order valence-corrected chi connectivity index (χ4v) is 1.95. The van der Waals surface area contributed by atoms with Gasteiger partial charge in [-0.3, -0.25) is 4.79 Å². The van der Waals surface area contributed by atoms with Gasteiger partial charge in [0.25, 0.3) is 5.56 Å². The summed E-state index contributed by atoms with van der Waals surface area (Å²) in [7, 11) is 0. The molecule has 4 heteroatoms. The van der Waals surface area contributed by atoms with Gasteiger partial charge in [-0.25, -0.2) is 5.10 Å². The second kappa shape index (κ2) is 6.89. The highest BCUT2D eigenvalue weighted by atomic mass is 16.5. The van der Waals surface area contributed by atoms with E-state index in [0.717, 1.165) is 42.0 Å². The Labute approximate surface area is 118 Å². The minimum Gasteiger partial charge on any atom is -0.494 e. The highest BCUT2D eigenvalue weighted by Crippen LogP contribution is 2.14. The Morgan fingerprint density at radius 1 is 1.25 bits per heavy atom. The summed E-state index contributed by atoms with van der Waals surface area (Å²) in [4.78, 5) is 11.7. The number of nitrogens with one attached hydrogen (secondary N) is 1. The lowest BCUT2D eigenvalue weighted by atomic mass is 10.1. The number of aromatic amines is 1. The van der Waals surface area contributed by atoms with Crippen molar-refractivity contribution in [2.45, 2.75) is 33.1 Å². The molecule has 0 saturated carbocycles. The predicted octanol–water partition coefficient (Wildman–Crippen LogP) is 2.85. The summed E-state index contributed by atoms with van der Waals surface area (Å²) in [5.41, 5.74) is 2.51. The molecule has 0 aliphatic carbocycles. The molecule has 0 unspecified atom stereocenters. The molecule has 0 fully saturated rings. The van der Waals surface area contributed by atoms with Crippen molar-refractivity contribution in [2.24, 2.45) is 0 Å². The Balaban J connectivity index is 2.03. The van der Waals surface area contributed by atoms with Gasteiger partial charge in [0.15, 0.2) is 0 Å². The van der Waals surface area contributed by atoms with Gasteiger partial charge in [0.1, 0.15) is 5.75 Å². The highest BCUT2D eigenvalue weighted by molar-refractivity contribution is 5.30. The monoisotopic (exact) mass is 272 g/mol. The lowest BCUT2D eigenvalue weighted by Gasteiger charge is -2.06. The van der Waals surface area contributed by atoms with E-state index in [9.17, 15) is 4.79 Å². The first-order valence-electron chi connectivity index (χ1n) is 6.96. The third-order valence-electron chi connectivity index (χ3n) is 3.09. The van der Waals surface area contributed by atoms with E-state index in [4.69, 9.17) is 4.74 Å². The van der Waals surface area contributed by atoms with Gasteiger partial charge in [0.2, 0.25) is 0 Å². The van der Waals surface area contributed by atoms with E-state index >= 15 is 0 Å². The average molecular weight is 272 g/mol. The van der Waals surface area contributed by atoms with Crippen LogP contribution in [-0.4, -0.2) is 16.8 Å². The van der Waals surface area contributed by atoms with Crippen LogP contribution in [0.2, 0.25) is 0 Å². The largest absolute Gasteiger partial charge is 0.494 e. The number of unbranched alkanes of at least 4 members (excludes halogenated alkanes) is 1. The normalized spacial score (nSPS) is 10.5. The van der Waals surface area contributed by atoms with Crippen LogP contribution in [0.1, 0.15) is 36.6 Å². The molecular formula is C16H20N2O2. The Morgan fingerprint density at radius 3 is 2.70 bits per heavy atom. The summed E-state index contributed by atoms with van der Waals surface area (Å²) in [6, 6.07) is 9.72. The Hall–Kier alpha value is -2.10. The molecule has 0 bridgehead atoms. The second-order valence-electron chi connectivity index (χ2n) is 4.89. The van der Waals surface area contributed by atoms with Crippen molar-refractivity contribution in [3.8, 4) is 5.75 Å². The first-order chi connectivity index (χ1) is 9.69. The number of nitrogens with zero attached hydrogens (tertiary/aromatic N) is 1. The summed E-state index contributed by atoms with van der Waals surface area (Å²) in [5, 5.41) is 6.38. The van der Waals surface area contributed by atoms with Crippen molar-refractivity contribution in [3.63, 3.8) is 0 Å². The van der Waals surface area contributed by atoms with Crippen molar-refractivity contribution in [2.75, 3.05) is 6.61 Å². The molecule has 1 aromatic heterocycles. The van der Waals surface area contributed by atoms with Gasteiger partial charge in [-0.05, 0) is 37.1 Å². The van der Waals surface area contributed by atoms with Gasteiger partial charge in [-0.1, -0.05) is 25.5 Å². The minimum absolute atomic E-state index is 0.126. The maximum absolute atomic E-state index is 11.7. The number of hydrogen-bond donors (Lipinski definition) is 1. The SMILES string of the molecule is CCCCOc1ccc(Cc2cc(C)n[nH]c2=O)cc1. The molecule has 0 aliphatic heterocycles. The van der Waals surface area contributed by atoms with Crippen LogP contribution < -0.4 is 10.3 Å². The number of hydrogen-bond acceptors (Lipinski definition) is 3. The van der Waals surface area contributed by atoms with E-state index < -0.39 is 0 Å². The van der Waals surface area contributed by atoms with E-state index in [0.29, 0.717) is 6.42 Å². The quantitative estimate of drug-likeness (QED) is 0.823. The molecular weight excluding hydrogens is 252 g/mol. The molecule has 0 atom stereocenters. The van der Waals surface area contributed by atoms with Crippen LogP contribution in [0.5, 0.6) is 5.75 Å². The topological polar surface area (TPSA) is 55.0 Å².